The third-order valence-electron chi connectivity index (χ3n) is 13.0. The number of anilines is 6. The summed E-state index contributed by atoms with van der Waals surface area (Å²) in [5.41, 5.74) is 17.9. The quantitative estimate of drug-likeness (QED) is 0.144. The van der Waals surface area contributed by atoms with E-state index in [0.29, 0.717) is 5.92 Å². The van der Waals surface area contributed by atoms with Crippen LogP contribution < -0.4 is 14.7 Å². The molecule has 0 amide bonds. The highest BCUT2D eigenvalue weighted by Crippen LogP contribution is 2.42. The van der Waals surface area contributed by atoms with Crippen LogP contribution in [0.4, 0.5) is 34.1 Å². The maximum atomic E-state index is 2.43. The van der Waals surface area contributed by atoms with Crippen LogP contribution in [0.25, 0.3) is 33.8 Å². The highest BCUT2D eigenvalue weighted by atomic mass is 15.2. The largest absolute Gasteiger partial charge is 0.337 e. The molecule has 1 aliphatic heterocycles. The van der Waals surface area contributed by atoms with Gasteiger partial charge < -0.3 is 19.3 Å². The molecule has 1 aromatic heterocycles. The molecule has 8 aromatic rings. The van der Waals surface area contributed by atoms with Crippen LogP contribution in [0.1, 0.15) is 30.2 Å². The minimum atomic E-state index is 0.485. The molecular weight excluding hydrogens is 801 g/mol. The summed E-state index contributed by atoms with van der Waals surface area (Å²) in [6.45, 7) is 3.07. The molecule has 7 aromatic carbocycles. The van der Waals surface area contributed by atoms with Crippen LogP contribution in [-0.2, 0) is 12.8 Å². The molecule has 66 heavy (non-hydrogen) atoms. The standard InChI is InChI=1S/C62H52N4/c1-46-29-41-61-58(44-46)59-45-57(40-42-62(59)66(61)53-25-13-6-14-26-53)65(52-23-11-5-12-24-52)56-37-32-48(33-38-56)47-30-35-55(36-31-47)64(51-21-9-4-10-22-51)54-27-17-43-63(50-19-7-2-3-8-20-50)60-28-16-15-18-49(60)34-39-54/h2,4-33,35-42,45-46H,3,34,43-44H2,1H3. The number of nitrogens with zero attached hydrogens (tertiary/aromatic N) is 4. The first-order chi connectivity index (χ1) is 32.7. The van der Waals surface area contributed by atoms with Gasteiger partial charge in [0.2, 0.25) is 0 Å². The van der Waals surface area contributed by atoms with Crippen LogP contribution in [-0.4, -0.2) is 11.1 Å². The molecule has 0 saturated carbocycles. The molecule has 0 saturated heterocycles. The number of hydrogen-bond acceptors (Lipinski definition) is 3. The highest BCUT2D eigenvalue weighted by molar-refractivity contribution is 5.95. The van der Waals surface area contributed by atoms with E-state index in [1.54, 1.807) is 0 Å². The van der Waals surface area contributed by atoms with Gasteiger partial charge in [-0.05, 0) is 157 Å². The monoisotopic (exact) mass is 852 g/mol. The van der Waals surface area contributed by atoms with Crippen molar-refractivity contribution >= 4 is 51.1 Å². The molecule has 0 fully saturated rings. The Kier molecular flexibility index (Phi) is 11.2. The maximum absolute atomic E-state index is 2.43. The summed E-state index contributed by atoms with van der Waals surface area (Å²) in [4.78, 5) is 7.19. The smallest absolute Gasteiger partial charge is 0.0539 e. The van der Waals surface area contributed by atoms with Crippen molar-refractivity contribution in [2.24, 2.45) is 5.92 Å². The first-order valence-electron chi connectivity index (χ1n) is 23.2. The van der Waals surface area contributed by atoms with Gasteiger partial charge in [0.15, 0.2) is 0 Å². The van der Waals surface area contributed by atoms with Crippen molar-refractivity contribution in [1.82, 2.24) is 4.57 Å². The summed E-state index contributed by atoms with van der Waals surface area (Å²) in [6.07, 6.45) is 25.5. The molecule has 2 heterocycles. The van der Waals surface area contributed by atoms with Crippen molar-refractivity contribution in [1.29, 1.82) is 0 Å². The van der Waals surface area contributed by atoms with Gasteiger partial charge in [0.25, 0.3) is 0 Å². The molecule has 3 aliphatic rings. The zero-order valence-corrected chi connectivity index (χ0v) is 37.3. The zero-order chi connectivity index (χ0) is 44.2. The van der Waals surface area contributed by atoms with Gasteiger partial charge in [-0.2, -0.15) is 0 Å². The molecular formula is C62H52N4. The Labute approximate surface area is 389 Å². The Hall–Kier alpha value is -8.08. The van der Waals surface area contributed by atoms with Crippen LogP contribution in [0.3, 0.4) is 0 Å². The molecule has 0 bridgehead atoms. The highest BCUT2D eigenvalue weighted by Gasteiger charge is 2.24. The van der Waals surface area contributed by atoms with Gasteiger partial charge in [-0.3, -0.25) is 0 Å². The Bertz CT molecular complexity index is 3190. The number of rotatable bonds is 9. The molecule has 0 spiro atoms. The van der Waals surface area contributed by atoms with E-state index in [1.165, 1.54) is 55.9 Å². The summed E-state index contributed by atoms with van der Waals surface area (Å²) in [7, 11) is 0. The fourth-order valence-electron chi connectivity index (χ4n) is 9.81. The Morgan fingerprint density at radius 2 is 1.17 bits per heavy atom. The molecule has 2 aliphatic carbocycles. The van der Waals surface area contributed by atoms with Crippen molar-refractivity contribution in [2.75, 3.05) is 21.2 Å². The van der Waals surface area contributed by atoms with Crippen LogP contribution in [0.15, 0.2) is 248 Å². The van der Waals surface area contributed by atoms with E-state index in [4.69, 9.17) is 0 Å². The van der Waals surface area contributed by atoms with Crippen molar-refractivity contribution in [2.45, 2.75) is 26.2 Å². The van der Waals surface area contributed by atoms with Gasteiger partial charge in [0.1, 0.15) is 0 Å². The third-order valence-corrected chi connectivity index (χ3v) is 13.0. The van der Waals surface area contributed by atoms with E-state index in [-0.39, 0.29) is 0 Å². The van der Waals surface area contributed by atoms with E-state index in [0.717, 1.165) is 59.9 Å². The van der Waals surface area contributed by atoms with Gasteiger partial charge >= 0.3 is 0 Å². The fraction of sp³-hybridized carbons (Fsp3) is 0.0968. The Morgan fingerprint density at radius 1 is 0.545 bits per heavy atom. The lowest BCUT2D eigenvalue weighted by atomic mass is 9.93. The number of para-hydroxylation sites is 4. The topological polar surface area (TPSA) is 14.7 Å². The lowest BCUT2D eigenvalue weighted by molar-refractivity contribution is 0.718. The molecule has 0 radical (unpaired) electrons. The van der Waals surface area contributed by atoms with Crippen LogP contribution in [0, 0.1) is 5.92 Å². The predicted octanol–water partition coefficient (Wildman–Crippen LogP) is 16.0. The van der Waals surface area contributed by atoms with Crippen LogP contribution in [0.5, 0.6) is 0 Å². The summed E-state index contributed by atoms with van der Waals surface area (Å²) < 4.78 is 2.43. The summed E-state index contributed by atoms with van der Waals surface area (Å²) in [6, 6.07) is 66.1. The average Bonchev–Trinajstić information content (AvgIpc) is 3.49. The van der Waals surface area contributed by atoms with Gasteiger partial charge in [-0.25, -0.2) is 0 Å². The lowest BCUT2D eigenvalue weighted by Crippen LogP contribution is -2.22. The predicted molar refractivity (Wildman–Crippen MR) is 280 cm³/mol. The normalized spacial score (nSPS) is 15.5. The SMILES string of the molecule is CC1C=Cc2c(c3cc(N(c4ccccc4)c4ccc(-c5ccc(N(C6=CCc7ccccc7N(C7=CC=CCC=C7)CC=C6)c6ccccc6)cc5)cc4)ccc3n2-c2ccccc2)C1. The lowest BCUT2D eigenvalue weighted by Gasteiger charge is -2.27. The molecule has 4 heteroatoms. The number of fused-ring (bicyclic) bond motifs is 4. The Balaban J connectivity index is 0.918. The third kappa shape index (κ3) is 8.03. The van der Waals surface area contributed by atoms with Crippen molar-refractivity contribution < 1.29 is 0 Å². The molecule has 0 N–H and O–H groups in total. The number of hydrogen-bond donors (Lipinski definition) is 0. The van der Waals surface area contributed by atoms with Crippen molar-refractivity contribution in [3.63, 3.8) is 0 Å². The molecule has 1 atom stereocenters. The second-order valence-electron chi connectivity index (χ2n) is 17.3. The van der Waals surface area contributed by atoms with E-state index in [9.17, 15) is 0 Å². The first-order valence-corrected chi connectivity index (χ1v) is 23.2. The molecule has 11 rings (SSSR count). The average molecular weight is 853 g/mol. The van der Waals surface area contributed by atoms with Gasteiger partial charge in [-0.1, -0.05) is 140 Å². The summed E-state index contributed by atoms with van der Waals surface area (Å²) in [5, 5.41) is 1.31. The summed E-state index contributed by atoms with van der Waals surface area (Å²) in [5.74, 6) is 0.485. The second kappa shape index (κ2) is 18.2. The minimum Gasteiger partial charge on any atom is -0.337 e. The molecule has 4 nitrogen and oxygen atoms in total. The number of allylic oxidation sites excluding steroid dienone is 8. The fourth-order valence-corrected chi connectivity index (χ4v) is 9.81. The first kappa shape index (κ1) is 40.7. The van der Waals surface area contributed by atoms with E-state index < -0.39 is 0 Å². The Morgan fingerprint density at radius 3 is 1.89 bits per heavy atom. The van der Waals surface area contributed by atoms with Gasteiger partial charge in [-0.15, -0.1) is 0 Å². The van der Waals surface area contributed by atoms with Gasteiger partial charge in [0.05, 0.1) is 5.52 Å². The molecule has 1 unspecified atom stereocenters. The zero-order valence-electron chi connectivity index (χ0n) is 37.3. The molecule has 320 valence electrons. The number of aromatic nitrogens is 1. The second-order valence-corrected chi connectivity index (χ2v) is 17.3. The van der Waals surface area contributed by atoms with E-state index in [2.05, 4.69) is 269 Å². The van der Waals surface area contributed by atoms with Crippen LogP contribution >= 0.6 is 0 Å². The maximum Gasteiger partial charge on any atom is 0.0539 e. The summed E-state index contributed by atoms with van der Waals surface area (Å²) >= 11 is 0. The minimum absolute atomic E-state index is 0.485. The van der Waals surface area contributed by atoms with E-state index in [1.807, 2.05) is 0 Å². The van der Waals surface area contributed by atoms with Crippen LogP contribution in [0.2, 0.25) is 0 Å². The van der Waals surface area contributed by atoms with Crippen molar-refractivity contribution in [3.05, 3.63) is 265 Å². The number of benzene rings is 7. The van der Waals surface area contributed by atoms with E-state index >= 15 is 0 Å². The van der Waals surface area contributed by atoms with Crippen molar-refractivity contribution in [3.8, 4) is 16.8 Å². The van der Waals surface area contributed by atoms with Gasteiger partial charge in [0, 0.05) is 68.8 Å².